The summed E-state index contributed by atoms with van der Waals surface area (Å²) < 4.78 is 1.77. The zero-order valence-corrected chi connectivity index (χ0v) is 15.2. The van der Waals surface area contributed by atoms with Crippen molar-refractivity contribution in [1.82, 2.24) is 24.4 Å². The van der Waals surface area contributed by atoms with E-state index in [2.05, 4.69) is 15.0 Å². The number of aromatic amines is 1. The lowest BCUT2D eigenvalue weighted by Crippen LogP contribution is -2.39. The van der Waals surface area contributed by atoms with Crippen LogP contribution >= 0.6 is 11.8 Å². The van der Waals surface area contributed by atoms with Crippen molar-refractivity contribution in [3.05, 3.63) is 16.2 Å². The van der Waals surface area contributed by atoms with Crippen LogP contribution < -0.4 is 5.56 Å². The highest BCUT2D eigenvalue weighted by molar-refractivity contribution is 7.99. The van der Waals surface area contributed by atoms with Crippen LogP contribution in [0.15, 0.2) is 9.95 Å². The first-order valence-electron chi connectivity index (χ1n) is 8.29. The zero-order valence-electron chi connectivity index (χ0n) is 14.3. The quantitative estimate of drug-likeness (QED) is 0.852. The minimum absolute atomic E-state index is 0.108. The van der Waals surface area contributed by atoms with Gasteiger partial charge >= 0.3 is 0 Å². The molecule has 1 amide bonds. The van der Waals surface area contributed by atoms with E-state index in [9.17, 15) is 9.59 Å². The molecule has 1 N–H and O–H groups in total. The molecule has 0 saturated heterocycles. The van der Waals surface area contributed by atoms with Crippen LogP contribution in [0.1, 0.15) is 37.9 Å². The Balaban J connectivity index is 1.71. The average molecular weight is 349 g/mol. The van der Waals surface area contributed by atoms with Gasteiger partial charge in [0.25, 0.3) is 5.56 Å². The van der Waals surface area contributed by atoms with E-state index in [1.54, 1.807) is 11.5 Å². The molecule has 2 aromatic heterocycles. The summed E-state index contributed by atoms with van der Waals surface area (Å²) in [5.41, 5.74) is 0.621. The second-order valence-corrected chi connectivity index (χ2v) is 7.30. The van der Waals surface area contributed by atoms with Gasteiger partial charge in [0.2, 0.25) is 5.91 Å². The summed E-state index contributed by atoms with van der Waals surface area (Å²) in [6.07, 6.45) is 5.87. The summed E-state index contributed by atoms with van der Waals surface area (Å²) in [5.74, 6) is 0.985. The topological polar surface area (TPSA) is 83.9 Å². The highest BCUT2D eigenvalue weighted by Gasteiger charge is 2.23. The van der Waals surface area contributed by atoms with E-state index in [-0.39, 0.29) is 11.5 Å². The number of fused-ring (bicyclic) bond motifs is 1. The van der Waals surface area contributed by atoms with E-state index in [1.807, 2.05) is 19.0 Å². The molecule has 24 heavy (non-hydrogen) atoms. The van der Waals surface area contributed by atoms with Crippen molar-refractivity contribution in [1.29, 1.82) is 0 Å². The van der Waals surface area contributed by atoms with Crippen LogP contribution in [0, 0.1) is 6.92 Å². The molecule has 2 heterocycles. The number of nitrogens with zero attached hydrogens (tertiary/aromatic N) is 4. The fourth-order valence-electron chi connectivity index (χ4n) is 3.19. The van der Waals surface area contributed by atoms with Gasteiger partial charge in [0.05, 0.1) is 5.75 Å². The molecule has 0 aromatic carbocycles. The maximum Gasteiger partial charge on any atom is 0.279 e. The van der Waals surface area contributed by atoms with E-state index in [1.165, 1.54) is 31.0 Å². The molecule has 8 heteroatoms. The Morgan fingerprint density at radius 1 is 1.33 bits per heavy atom. The number of imidazole rings is 1. The van der Waals surface area contributed by atoms with E-state index >= 15 is 0 Å². The lowest BCUT2D eigenvalue weighted by molar-refractivity contribution is -0.129. The van der Waals surface area contributed by atoms with E-state index < -0.39 is 0 Å². The summed E-state index contributed by atoms with van der Waals surface area (Å²) in [6.45, 7) is 1.74. The van der Waals surface area contributed by atoms with Crippen molar-refractivity contribution in [2.24, 2.45) is 7.05 Å². The normalized spacial score (nSPS) is 15.8. The summed E-state index contributed by atoms with van der Waals surface area (Å²) in [5, 5.41) is 0.638. The molecule has 1 aliphatic carbocycles. The second-order valence-electron chi connectivity index (χ2n) is 6.36. The summed E-state index contributed by atoms with van der Waals surface area (Å²) in [7, 11) is 3.71. The lowest BCUT2D eigenvalue weighted by Gasteiger charge is -2.31. The Morgan fingerprint density at radius 2 is 2.04 bits per heavy atom. The standard InChI is InChI=1S/C16H23N5O2S/c1-10-17-14-13(15(23)18-10)19-16(21(14)3)24-9-12(22)20(2)11-7-5-4-6-8-11/h11H,4-9H2,1-3H3,(H,17,18,23). The number of H-pyrrole nitrogens is 1. The molecule has 1 saturated carbocycles. The zero-order chi connectivity index (χ0) is 17.3. The van der Waals surface area contributed by atoms with Crippen LogP contribution in [-0.4, -0.2) is 49.2 Å². The Morgan fingerprint density at radius 3 is 2.75 bits per heavy atom. The number of amides is 1. The molecular formula is C16H23N5O2S. The molecule has 1 aliphatic rings. The molecular weight excluding hydrogens is 326 g/mol. The third kappa shape index (κ3) is 3.33. The van der Waals surface area contributed by atoms with Crippen molar-refractivity contribution < 1.29 is 4.79 Å². The number of hydrogen-bond acceptors (Lipinski definition) is 5. The Bertz CT molecular complexity index is 807. The monoisotopic (exact) mass is 349 g/mol. The lowest BCUT2D eigenvalue weighted by atomic mass is 9.94. The highest BCUT2D eigenvalue weighted by atomic mass is 32.2. The SMILES string of the molecule is Cc1nc2c(nc(SCC(=O)N(C)C3CCCCC3)n2C)c(=O)[nH]1. The van der Waals surface area contributed by atoms with Gasteiger partial charge in [0.15, 0.2) is 16.3 Å². The minimum Gasteiger partial charge on any atom is -0.342 e. The number of nitrogens with one attached hydrogen (secondary N) is 1. The molecule has 2 aromatic rings. The predicted molar refractivity (Wildman–Crippen MR) is 94.2 cm³/mol. The van der Waals surface area contributed by atoms with E-state index in [0.29, 0.717) is 33.9 Å². The number of carbonyl (C=O) groups is 1. The minimum atomic E-state index is -0.245. The largest absolute Gasteiger partial charge is 0.342 e. The van der Waals surface area contributed by atoms with Gasteiger partial charge in [-0.05, 0) is 19.8 Å². The first-order valence-corrected chi connectivity index (χ1v) is 9.27. The Kier molecular flexibility index (Phi) is 4.93. The first-order chi connectivity index (χ1) is 11.5. The van der Waals surface area contributed by atoms with Gasteiger partial charge in [-0.2, -0.15) is 0 Å². The van der Waals surface area contributed by atoms with Crippen molar-refractivity contribution >= 4 is 28.8 Å². The number of carbonyl (C=O) groups excluding carboxylic acids is 1. The second kappa shape index (κ2) is 6.96. The van der Waals surface area contributed by atoms with E-state index in [4.69, 9.17) is 0 Å². The van der Waals surface area contributed by atoms with Gasteiger partial charge in [0.1, 0.15) is 5.82 Å². The molecule has 0 spiro atoms. The molecule has 0 bridgehead atoms. The number of thioether (sulfide) groups is 1. The van der Waals surface area contributed by atoms with E-state index in [0.717, 1.165) is 12.8 Å². The fourth-order valence-corrected chi connectivity index (χ4v) is 4.08. The molecule has 0 radical (unpaired) electrons. The van der Waals surface area contributed by atoms with Gasteiger partial charge in [0, 0.05) is 20.1 Å². The first kappa shape index (κ1) is 17.0. The molecule has 0 aliphatic heterocycles. The van der Waals surface area contributed by atoms with Gasteiger partial charge in [-0.1, -0.05) is 31.0 Å². The maximum absolute atomic E-state index is 12.4. The van der Waals surface area contributed by atoms with Gasteiger partial charge in [-0.15, -0.1) is 0 Å². The van der Waals surface area contributed by atoms with Crippen molar-refractivity contribution in [3.8, 4) is 0 Å². The van der Waals surface area contributed by atoms with Crippen LogP contribution in [-0.2, 0) is 11.8 Å². The van der Waals surface area contributed by atoms with Crippen LogP contribution in [0.5, 0.6) is 0 Å². The number of aryl methyl sites for hydroxylation is 2. The smallest absolute Gasteiger partial charge is 0.279 e. The fraction of sp³-hybridized carbons (Fsp3) is 0.625. The van der Waals surface area contributed by atoms with Crippen LogP contribution in [0.3, 0.4) is 0 Å². The highest BCUT2D eigenvalue weighted by Crippen LogP contribution is 2.24. The molecule has 0 atom stereocenters. The van der Waals surface area contributed by atoms with Crippen molar-refractivity contribution in [2.45, 2.75) is 50.2 Å². The van der Waals surface area contributed by atoms with Gasteiger partial charge < -0.3 is 14.5 Å². The molecule has 1 fully saturated rings. The van der Waals surface area contributed by atoms with Crippen LogP contribution in [0.4, 0.5) is 0 Å². The van der Waals surface area contributed by atoms with Crippen molar-refractivity contribution in [3.63, 3.8) is 0 Å². The van der Waals surface area contributed by atoms with Crippen LogP contribution in [0.25, 0.3) is 11.2 Å². The summed E-state index contributed by atoms with van der Waals surface area (Å²) >= 11 is 1.36. The van der Waals surface area contributed by atoms with Crippen LogP contribution in [0.2, 0.25) is 0 Å². The third-order valence-electron chi connectivity index (χ3n) is 4.65. The Labute approximate surface area is 144 Å². The Hall–Kier alpha value is -1.83. The van der Waals surface area contributed by atoms with Gasteiger partial charge in [-0.3, -0.25) is 9.59 Å². The number of hydrogen-bond donors (Lipinski definition) is 1. The predicted octanol–water partition coefficient (Wildman–Crippen LogP) is 1.85. The molecule has 3 rings (SSSR count). The number of rotatable bonds is 4. The average Bonchev–Trinajstić information content (AvgIpc) is 2.89. The van der Waals surface area contributed by atoms with Gasteiger partial charge in [-0.25, -0.2) is 9.97 Å². The molecule has 0 unspecified atom stereocenters. The third-order valence-corrected chi connectivity index (χ3v) is 5.66. The summed E-state index contributed by atoms with van der Waals surface area (Å²) in [6, 6.07) is 0.361. The maximum atomic E-state index is 12.4. The number of aromatic nitrogens is 4. The van der Waals surface area contributed by atoms with Crippen molar-refractivity contribution in [2.75, 3.05) is 12.8 Å². The molecule has 7 nitrogen and oxygen atoms in total. The molecule has 130 valence electrons. The summed E-state index contributed by atoms with van der Waals surface area (Å²) in [4.78, 5) is 37.6.